The zero-order valence-electron chi connectivity index (χ0n) is 14.4. The third-order valence-corrected chi connectivity index (χ3v) is 5.67. The highest BCUT2D eigenvalue weighted by molar-refractivity contribution is 7.89. The molecule has 152 valence electrons. The van der Waals surface area contributed by atoms with Gasteiger partial charge in [-0.1, -0.05) is 12.1 Å². The van der Waals surface area contributed by atoms with E-state index in [2.05, 4.69) is 9.46 Å². The second-order valence-corrected chi connectivity index (χ2v) is 7.94. The van der Waals surface area contributed by atoms with E-state index in [9.17, 15) is 26.0 Å². The Morgan fingerprint density at radius 1 is 1.07 bits per heavy atom. The molecule has 0 aliphatic carbocycles. The fourth-order valence-corrected chi connectivity index (χ4v) is 4.20. The molecule has 0 amide bonds. The lowest BCUT2D eigenvalue weighted by Crippen LogP contribution is -2.36. The Kier molecular flexibility index (Phi) is 5.92. The van der Waals surface area contributed by atoms with Crippen LogP contribution in [-0.4, -0.2) is 27.5 Å². The van der Waals surface area contributed by atoms with Gasteiger partial charge in [0.05, 0.1) is 17.0 Å². The van der Waals surface area contributed by atoms with Crippen molar-refractivity contribution in [2.45, 2.75) is 36.2 Å². The standard InChI is InChI=1S/C18H17F4NO4S/c19-13-5-3-12(4-6-13)17(16-2-1-11-26-16)23-28(24,25)15-9-7-14(8-10-15)27-18(20,21)22/h3-10,16-17,23H,1-2,11H2/t16?,17-/m1/s1. The maximum atomic E-state index is 13.2. The smallest absolute Gasteiger partial charge is 0.406 e. The number of benzene rings is 2. The van der Waals surface area contributed by atoms with Crippen LogP contribution in [0.3, 0.4) is 0 Å². The molecule has 10 heteroatoms. The minimum Gasteiger partial charge on any atom is -0.406 e. The minimum absolute atomic E-state index is 0.230. The van der Waals surface area contributed by atoms with E-state index in [1.807, 2.05) is 0 Å². The average molecular weight is 419 g/mol. The van der Waals surface area contributed by atoms with Crippen LogP contribution < -0.4 is 9.46 Å². The summed E-state index contributed by atoms with van der Waals surface area (Å²) < 4.78 is 87.3. The number of ether oxygens (including phenoxy) is 2. The molecule has 3 rings (SSSR count). The fourth-order valence-electron chi connectivity index (χ4n) is 2.95. The Balaban J connectivity index is 1.83. The first kappa shape index (κ1) is 20.6. The van der Waals surface area contributed by atoms with Gasteiger partial charge in [-0.25, -0.2) is 17.5 Å². The molecular weight excluding hydrogens is 402 g/mol. The molecule has 0 saturated carbocycles. The van der Waals surface area contributed by atoms with Gasteiger partial charge in [0.25, 0.3) is 0 Å². The van der Waals surface area contributed by atoms with Gasteiger partial charge in [-0.3, -0.25) is 0 Å². The Labute approximate surface area is 159 Å². The SMILES string of the molecule is O=S(=O)(N[C@H](c1ccc(F)cc1)C1CCCO1)c1ccc(OC(F)(F)F)cc1. The van der Waals surface area contributed by atoms with E-state index >= 15 is 0 Å². The summed E-state index contributed by atoms with van der Waals surface area (Å²) in [4.78, 5) is -0.230. The Morgan fingerprint density at radius 3 is 2.25 bits per heavy atom. The first-order valence-corrected chi connectivity index (χ1v) is 9.87. The van der Waals surface area contributed by atoms with Gasteiger partial charge >= 0.3 is 6.36 Å². The van der Waals surface area contributed by atoms with Crippen LogP contribution in [0.15, 0.2) is 53.4 Å². The summed E-state index contributed by atoms with van der Waals surface area (Å²) in [7, 11) is -4.08. The van der Waals surface area contributed by atoms with Crippen molar-refractivity contribution in [2.24, 2.45) is 0 Å². The molecular formula is C18H17F4NO4S. The summed E-state index contributed by atoms with van der Waals surface area (Å²) in [5.41, 5.74) is 0.522. The highest BCUT2D eigenvalue weighted by Crippen LogP contribution is 2.30. The Hall–Kier alpha value is -2.17. The minimum atomic E-state index is -4.87. The quantitative estimate of drug-likeness (QED) is 0.721. The van der Waals surface area contributed by atoms with E-state index in [-0.39, 0.29) is 4.90 Å². The van der Waals surface area contributed by atoms with Gasteiger partial charge in [-0.2, -0.15) is 0 Å². The number of hydrogen-bond acceptors (Lipinski definition) is 4. The van der Waals surface area contributed by atoms with Gasteiger partial charge in [-0.15, -0.1) is 13.2 Å². The van der Waals surface area contributed by atoms with E-state index in [0.717, 1.165) is 30.7 Å². The molecule has 2 aromatic rings. The van der Waals surface area contributed by atoms with E-state index in [1.54, 1.807) is 0 Å². The number of sulfonamides is 1. The molecule has 0 spiro atoms. The van der Waals surface area contributed by atoms with Gasteiger partial charge in [-0.05, 0) is 54.8 Å². The number of hydrogen-bond donors (Lipinski definition) is 1. The molecule has 2 aromatic carbocycles. The van der Waals surface area contributed by atoms with Crippen molar-refractivity contribution in [2.75, 3.05) is 6.61 Å². The lowest BCUT2D eigenvalue weighted by atomic mass is 10.0. The molecule has 1 aliphatic rings. The number of alkyl halides is 3. The van der Waals surface area contributed by atoms with Crippen LogP contribution in [0, 0.1) is 5.82 Å². The molecule has 0 bridgehead atoms. The van der Waals surface area contributed by atoms with Crippen molar-refractivity contribution >= 4 is 10.0 Å². The molecule has 1 aliphatic heterocycles. The summed E-state index contributed by atoms with van der Waals surface area (Å²) in [6.07, 6.45) is -3.93. The maximum absolute atomic E-state index is 13.2. The average Bonchev–Trinajstić information content (AvgIpc) is 3.14. The third-order valence-electron chi connectivity index (χ3n) is 4.22. The van der Waals surface area contributed by atoms with Crippen LogP contribution in [0.25, 0.3) is 0 Å². The first-order chi connectivity index (χ1) is 13.1. The summed E-state index contributed by atoms with van der Waals surface area (Å²) in [6.45, 7) is 0.480. The van der Waals surface area contributed by atoms with Gasteiger partial charge in [0.2, 0.25) is 10.0 Å². The topological polar surface area (TPSA) is 64.6 Å². The van der Waals surface area contributed by atoms with Crippen molar-refractivity contribution in [3.05, 3.63) is 59.9 Å². The molecule has 1 fully saturated rings. The van der Waals surface area contributed by atoms with Gasteiger partial charge < -0.3 is 9.47 Å². The van der Waals surface area contributed by atoms with E-state index in [0.29, 0.717) is 18.6 Å². The van der Waals surface area contributed by atoms with Gasteiger partial charge in [0.15, 0.2) is 0 Å². The van der Waals surface area contributed by atoms with E-state index in [1.165, 1.54) is 24.3 Å². The van der Waals surface area contributed by atoms with Crippen LogP contribution in [0.1, 0.15) is 24.4 Å². The zero-order valence-corrected chi connectivity index (χ0v) is 15.3. The lowest BCUT2D eigenvalue weighted by molar-refractivity contribution is -0.274. The van der Waals surface area contributed by atoms with E-state index in [4.69, 9.17) is 4.74 Å². The van der Waals surface area contributed by atoms with Gasteiger partial charge in [0.1, 0.15) is 11.6 Å². The zero-order chi connectivity index (χ0) is 20.4. The van der Waals surface area contributed by atoms with Crippen LogP contribution in [0.4, 0.5) is 17.6 Å². The Bertz CT molecular complexity index is 893. The highest BCUT2D eigenvalue weighted by Gasteiger charge is 2.33. The largest absolute Gasteiger partial charge is 0.573 e. The van der Waals surface area contributed by atoms with Crippen molar-refractivity contribution in [1.82, 2.24) is 4.72 Å². The predicted octanol–water partition coefficient (Wildman–Crippen LogP) is 3.92. The van der Waals surface area contributed by atoms with Crippen LogP contribution in [0.5, 0.6) is 5.75 Å². The molecule has 0 radical (unpaired) electrons. The van der Waals surface area contributed by atoms with E-state index < -0.39 is 40.1 Å². The second kappa shape index (κ2) is 8.06. The maximum Gasteiger partial charge on any atom is 0.573 e. The van der Waals surface area contributed by atoms with Crippen LogP contribution in [-0.2, 0) is 14.8 Å². The van der Waals surface area contributed by atoms with Crippen molar-refractivity contribution < 1.29 is 35.5 Å². The van der Waals surface area contributed by atoms with Crippen LogP contribution >= 0.6 is 0 Å². The lowest BCUT2D eigenvalue weighted by Gasteiger charge is -2.24. The number of nitrogens with one attached hydrogen (secondary N) is 1. The summed E-state index contributed by atoms with van der Waals surface area (Å²) in [6, 6.07) is 8.46. The molecule has 2 atom stereocenters. The van der Waals surface area contributed by atoms with Crippen molar-refractivity contribution in [3.8, 4) is 5.75 Å². The fraction of sp³-hybridized carbons (Fsp3) is 0.333. The third kappa shape index (κ3) is 5.21. The summed E-state index contributed by atoms with van der Waals surface area (Å²) in [5.74, 6) is -0.987. The van der Waals surface area contributed by atoms with Crippen molar-refractivity contribution in [1.29, 1.82) is 0 Å². The second-order valence-electron chi connectivity index (χ2n) is 6.22. The summed E-state index contributed by atoms with van der Waals surface area (Å²) >= 11 is 0. The first-order valence-electron chi connectivity index (χ1n) is 8.39. The van der Waals surface area contributed by atoms with Gasteiger partial charge in [0, 0.05) is 6.61 Å². The normalized spacial score (nSPS) is 18.8. The summed E-state index contributed by atoms with van der Waals surface area (Å²) in [5, 5.41) is 0. The molecule has 28 heavy (non-hydrogen) atoms. The molecule has 1 heterocycles. The monoisotopic (exact) mass is 419 g/mol. The Morgan fingerprint density at radius 2 is 1.71 bits per heavy atom. The molecule has 0 aromatic heterocycles. The van der Waals surface area contributed by atoms with Crippen LogP contribution in [0.2, 0.25) is 0 Å². The molecule has 1 unspecified atom stereocenters. The van der Waals surface area contributed by atoms with Crippen molar-refractivity contribution in [3.63, 3.8) is 0 Å². The number of rotatable bonds is 6. The molecule has 1 saturated heterocycles. The molecule has 5 nitrogen and oxygen atoms in total. The predicted molar refractivity (Wildman–Crippen MR) is 91.6 cm³/mol. The molecule has 1 N–H and O–H groups in total. The highest BCUT2D eigenvalue weighted by atomic mass is 32.2. The number of halogens is 4.